The highest BCUT2D eigenvalue weighted by Gasteiger charge is 2.24. The monoisotopic (exact) mass is 271 g/mol. The van der Waals surface area contributed by atoms with Gasteiger partial charge in [0.05, 0.1) is 24.8 Å². The van der Waals surface area contributed by atoms with Crippen LogP contribution in [0.15, 0.2) is 12.1 Å². The first-order valence-electron chi connectivity index (χ1n) is 5.94. The molecule has 0 aliphatic heterocycles. The van der Waals surface area contributed by atoms with Gasteiger partial charge in [-0.1, -0.05) is 0 Å². The Morgan fingerprint density at radius 1 is 1.47 bits per heavy atom. The number of anilines is 1. The lowest BCUT2D eigenvalue weighted by molar-refractivity contribution is -0.147. The fourth-order valence-corrected chi connectivity index (χ4v) is 1.75. The molecule has 0 amide bonds. The van der Waals surface area contributed by atoms with E-state index in [9.17, 15) is 19.4 Å². The molecule has 106 valence electrons. The Hall–Kier alpha value is -1.66. The maximum Gasteiger partial charge on any atom is 0.308 e. The number of esters is 1. The SMILES string of the molecule is CCOC(=O)CC(O)C(O)c1cc(F)c(N)cc1C. The number of hydrogen-bond donors (Lipinski definition) is 3. The third-order valence-electron chi connectivity index (χ3n) is 2.75. The second-order valence-electron chi connectivity index (χ2n) is 4.25. The van der Waals surface area contributed by atoms with Crippen LogP contribution in [0, 0.1) is 12.7 Å². The van der Waals surface area contributed by atoms with Gasteiger partial charge in [-0.3, -0.25) is 4.79 Å². The van der Waals surface area contributed by atoms with Crippen LogP contribution >= 0.6 is 0 Å². The Morgan fingerprint density at radius 3 is 2.68 bits per heavy atom. The summed E-state index contributed by atoms with van der Waals surface area (Å²) in [5.41, 5.74) is 6.09. The predicted octanol–water partition coefficient (Wildman–Crippen LogP) is 1.06. The van der Waals surface area contributed by atoms with E-state index in [1.54, 1.807) is 13.8 Å². The van der Waals surface area contributed by atoms with Crippen LogP contribution in [0.2, 0.25) is 0 Å². The third-order valence-corrected chi connectivity index (χ3v) is 2.75. The van der Waals surface area contributed by atoms with E-state index < -0.39 is 24.0 Å². The molecule has 0 fully saturated rings. The first-order valence-corrected chi connectivity index (χ1v) is 5.94. The highest BCUT2D eigenvalue weighted by Crippen LogP contribution is 2.26. The predicted molar refractivity (Wildman–Crippen MR) is 67.8 cm³/mol. The molecular weight excluding hydrogens is 253 g/mol. The number of ether oxygens (including phenoxy) is 1. The zero-order chi connectivity index (χ0) is 14.6. The van der Waals surface area contributed by atoms with E-state index in [4.69, 9.17) is 5.73 Å². The Labute approximate surface area is 110 Å². The van der Waals surface area contributed by atoms with Crippen LogP contribution in [0.5, 0.6) is 0 Å². The molecule has 0 bridgehead atoms. The van der Waals surface area contributed by atoms with E-state index in [2.05, 4.69) is 4.74 Å². The van der Waals surface area contributed by atoms with Crippen LogP contribution in [0.1, 0.15) is 30.6 Å². The number of aliphatic hydroxyl groups is 2. The number of carbonyl (C=O) groups is 1. The Kier molecular flexibility index (Phi) is 5.26. The number of aliphatic hydroxyl groups excluding tert-OH is 2. The summed E-state index contributed by atoms with van der Waals surface area (Å²) in [4.78, 5) is 11.2. The maximum absolute atomic E-state index is 13.4. The molecule has 0 saturated heterocycles. The quantitative estimate of drug-likeness (QED) is 0.550. The van der Waals surface area contributed by atoms with Crippen molar-refractivity contribution in [3.05, 3.63) is 29.1 Å². The van der Waals surface area contributed by atoms with Crippen LogP contribution in [0.3, 0.4) is 0 Å². The normalized spacial score (nSPS) is 13.9. The molecule has 0 radical (unpaired) electrons. The minimum atomic E-state index is -1.38. The van der Waals surface area contributed by atoms with Crippen molar-refractivity contribution in [1.82, 2.24) is 0 Å². The summed E-state index contributed by atoms with van der Waals surface area (Å²) in [6, 6.07) is 2.43. The van der Waals surface area contributed by atoms with E-state index in [1.165, 1.54) is 6.07 Å². The smallest absolute Gasteiger partial charge is 0.308 e. The molecule has 2 unspecified atom stereocenters. The van der Waals surface area contributed by atoms with Crippen molar-refractivity contribution in [1.29, 1.82) is 0 Å². The van der Waals surface area contributed by atoms with Gasteiger partial charge in [0.25, 0.3) is 0 Å². The van der Waals surface area contributed by atoms with Crippen molar-refractivity contribution in [3.63, 3.8) is 0 Å². The van der Waals surface area contributed by atoms with Gasteiger partial charge < -0.3 is 20.7 Å². The van der Waals surface area contributed by atoms with Crippen LogP contribution in [-0.4, -0.2) is 28.9 Å². The van der Waals surface area contributed by atoms with Crippen molar-refractivity contribution in [2.45, 2.75) is 32.5 Å². The van der Waals surface area contributed by atoms with E-state index >= 15 is 0 Å². The number of hydrogen-bond acceptors (Lipinski definition) is 5. The van der Waals surface area contributed by atoms with Crippen molar-refractivity contribution in [3.8, 4) is 0 Å². The largest absolute Gasteiger partial charge is 0.466 e. The first-order chi connectivity index (χ1) is 8.86. The number of carbonyl (C=O) groups excluding carboxylic acids is 1. The number of halogens is 1. The molecule has 4 N–H and O–H groups in total. The molecule has 0 heterocycles. The van der Waals surface area contributed by atoms with Crippen molar-refractivity contribution in [2.75, 3.05) is 12.3 Å². The first kappa shape index (κ1) is 15.4. The van der Waals surface area contributed by atoms with Crippen LogP contribution in [0.25, 0.3) is 0 Å². The number of nitrogens with two attached hydrogens (primary N) is 1. The average molecular weight is 271 g/mol. The van der Waals surface area contributed by atoms with E-state index in [0.29, 0.717) is 5.56 Å². The Morgan fingerprint density at radius 2 is 2.11 bits per heavy atom. The van der Waals surface area contributed by atoms with Gasteiger partial charge in [0.1, 0.15) is 11.9 Å². The van der Waals surface area contributed by atoms with Crippen LogP contribution in [0.4, 0.5) is 10.1 Å². The van der Waals surface area contributed by atoms with E-state index in [1.807, 2.05) is 0 Å². The lowest BCUT2D eigenvalue weighted by atomic mass is 9.97. The van der Waals surface area contributed by atoms with Crippen molar-refractivity contribution >= 4 is 11.7 Å². The van der Waals surface area contributed by atoms with Gasteiger partial charge >= 0.3 is 5.97 Å². The summed E-state index contributed by atoms with van der Waals surface area (Å²) >= 11 is 0. The van der Waals surface area contributed by atoms with Crippen LogP contribution in [-0.2, 0) is 9.53 Å². The summed E-state index contributed by atoms with van der Waals surface area (Å²) < 4.78 is 18.0. The lowest BCUT2D eigenvalue weighted by Gasteiger charge is -2.19. The number of aryl methyl sites for hydroxylation is 1. The third kappa shape index (κ3) is 3.90. The summed E-state index contributed by atoms with van der Waals surface area (Å²) in [6.07, 6.45) is -3.10. The average Bonchev–Trinajstić information content (AvgIpc) is 2.33. The molecule has 0 aliphatic carbocycles. The fraction of sp³-hybridized carbons (Fsp3) is 0.462. The molecule has 6 heteroatoms. The minimum absolute atomic E-state index is 0.0340. The van der Waals surface area contributed by atoms with Crippen molar-refractivity contribution in [2.24, 2.45) is 0 Å². The van der Waals surface area contributed by atoms with E-state index in [0.717, 1.165) is 6.07 Å². The zero-order valence-corrected chi connectivity index (χ0v) is 10.9. The van der Waals surface area contributed by atoms with Crippen LogP contribution < -0.4 is 5.73 Å². The Bertz CT molecular complexity index is 464. The fourth-order valence-electron chi connectivity index (χ4n) is 1.75. The molecule has 0 spiro atoms. The summed E-state index contributed by atoms with van der Waals surface area (Å²) in [5.74, 6) is -1.30. The molecular formula is C13H18FNO4. The Balaban J connectivity index is 2.85. The van der Waals surface area contributed by atoms with Gasteiger partial charge in [0.15, 0.2) is 0 Å². The summed E-state index contributed by atoms with van der Waals surface area (Å²) in [5, 5.41) is 19.7. The summed E-state index contributed by atoms with van der Waals surface area (Å²) in [7, 11) is 0. The highest BCUT2D eigenvalue weighted by atomic mass is 19.1. The number of rotatable bonds is 5. The van der Waals surface area contributed by atoms with Gasteiger partial charge in [-0.15, -0.1) is 0 Å². The van der Waals surface area contributed by atoms with Gasteiger partial charge in [-0.2, -0.15) is 0 Å². The second-order valence-corrected chi connectivity index (χ2v) is 4.25. The molecule has 1 aromatic carbocycles. The molecule has 1 rings (SSSR count). The maximum atomic E-state index is 13.4. The number of benzene rings is 1. The second kappa shape index (κ2) is 6.49. The van der Waals surface area contributed by atoms with Gasteiger partial charge in [0, 0.05) is 0 Å². The number of nitrogen functional groups attached to an aromatic ring is 1. The molecule has 2 atom stereocenters. The van der Waals surface area contributed by atoms with Gasteiger partial charge in [-0.05, 0) is 37.1 Å². The minimum Gasteiger partial charge on any atom is -0.466 e. The highest BCUT2D eigenvalue weighted by molar-refractivity contribution is 5.70. The van der Waals surface area contributed by atoms with Crippen molar-refractivity contribution < 1.29 is 24.1 Å². The molecule has 0 aromatic heterocycles. The van der Waals surface area contributed by atoms with Gasteiger partial charge in [0.2, 0.25) is 0 Å². The summed E-state index contributed by atoms with van der Waals surface area (Å²) in [6.45, 7) is 3.46. The molecule has 1 aromatic rings. The molecule has 0 aliphatic rings. The molecule has 19 heavy (non-hydrogen) atoms. The topological polar surface area (TPSA) is 92.8 Å². The molecule has 0 saturated carbocycles. The molecule has 5 nitrogen and oxygen atoms in total. The standard InChI is InChI=1S/C13H18FNO4/c1-3-19-12(17)6-11(16)13(18)8-5-9(14)10(15)4-7(8)2/h4-5,11,13,16,18H,3,6,15H2,1-2H3. The van der Waals surface area contributed by atoms with Gasteiger partial charge in [-0.25, -0.2) is 4.39 Å². The van der Waals surface area contributed by atoms with E-state index in [-0.39, 0.29) is 24.3 Å². The lowest BCUT2D eigenvalue weighted by Crippen LogP contribution is -2.24. The zero-order valence-electron chi connectivity index (χ0n) is 10.9.